The van der Waals surface area contributed by atoms with Crippen molar-refractivity contribution in [2.45, 2.75) is 11.9 Å². The second kappa shape index (κ2) is 14.3. The maximum atomic E-state index is 5.83. The Hall–Kier alpha value is -2.86. The number of rotatable bonds is 4. The Kier molecular flexibility index (Phi) is 11.5. The van der Waals surface area contributed by atoms with Crippen LogP contribution < -0.4 is 22.5 Å². The van der Waals surface area contributed by atoms with Gasteiger partial charge in [0.25, 0.3) is 0 Å². The van der Waals surface area contributed by atoms with Crippen LogP contribution in [-0.4, -0.2) is 0 Å². The molecule has 4 nitrogen and oxygen atoms in total. The maximum absolute atomic E-state index is 5.83. The minimum atomic E-state index is 0.646. The summed E-state index contributed by atoms with van der Waals surface area (Å²) in [5.74, 6) is 0. The van der Waals surface area contributed by atoms with Crippen LogP contribution in [0.25, 0.3) is 0 Å². The fourth-order valence-corrected chi connectivity index (χ4v) is 3.17. The number of halogens is 3. The van der Waals surface area contributed by atoms with Crippen LogP contribution in [0.2, 0.25) is 10.0 Å². The third-order valence-electron chi connectivity index (χ3n) is 4.42. The number of nitrogen functional groups attached to an aromatic ring is 3. The van der Waals surface area contributed by atoms with E-state index in [1.165, 1.54) is 11.1 Å². The van der Waals surface area contributed by atoms with E-state index in [0.717, 1.165) is 33.3 Å². The van der Waals surface area contributed by atoms with E-state index in [1.54, 1.807) is 12.1 Å². The highest BCUT2D eigenvalue weighted by molar-refractivity contribution is 9.08. The molecule has 0 atom stereocenters. The number of alkyl halides is 1. The highest BCUT2D eigenvalue weighted by atomic mass is 79.9. The predicted octanol–water partition coefficient (Wildman–Crippen LogP) is 7.62. The van der Waals surface area contributed by atoms with Crippen LogP contribution in [0.5, 0.6) is 0 Å². The van der Waals surface area contributed by atoms with Crippen LogP contribution in [0.1, 0.15) is 11.1 Å². The molecule has 4 aromatic rings. The molecule has 172 valence electrons. The monoisotopic (exact) mass is 544 g/mol. The van der Waals surface area contributed by atoms with Crippen LogP contribution >= 0.6 is 39.1 Å². The van der Waals surface area contributed by atoms with Crippen LogP contribution in [0.15, 0.2) is 97.1 Å². The van der Waals surface area contributed by atoms with Gasteiger partial charge >= 0.3 is 0 Å². The molecule has 7 heteroatoms. The summed E-state index contributed by atoms with van der Waals surface area (Å²) >= 11 is 14.8. The third kappa shape index (κ3) is 10.1. The van der Waals surface area contributed by atoms with Gasteiger partial charge in [-0.25, -0.2) is 0 Å². The summed E-state index contributed by atoms with van der Waals surface area (Å²) in [5, 5.41) is 5.72. The van der Waals surface area contributed by atoms with Crippen molar-refractivity contribution < 1.29 is 0 Å². The molecule has 0 aliphatic heterocycles. The highest BCUT2D eigenvalue weighted by Gasteiger charge is 1.97. The van der Waals surface area contributed by atoms with Crippen molar-refractivity contribution in [1.29, 1.82) is 0 Å². The second-order valence-electron chi connectivity index (χ2n) is 6.96. The molecule has 0 bridgehead atoms. The lowest BCUT2D eigenvalue weighted by molar-refractivity contribution is 1.15. The molecule has 0 radical (unpaired) electrons. The smallest absolute Gasteiger partial charge is 0.0576 e. The SMILES string of the molecule is Clc1ccc(CBr)cc1.Nc1ccccc1N.Nc1ccccc1NCc1ccc(Cl)cc1. The summed E-state index contributed by atoms with van der Waals surface area (Å²) in [6.45, 7) is 0.741. The lowest BCUT2D eigenvalue weighted by Gasteiger charge is -2.08. The van der Waals surface area contributed by atoms with Gasteiger partial charge in [-0.05, 0) is 59.7 Å². The number of benzene rings is 4. The third-order valence-corrected chi connectivity index (χ3v) is 5.57. The van der Waals surface area contributed by atoms with E-state index < -0.39 is 0 Å². The number of para-hydroxylation sites is 4. The first-order chi connectivity index (χ1) is 15.9. The molecule has 0 saturated carbocycles. The summed E-state index contributed by atoms with van der Waals surface area (Å²) in [6.07, 6.45) is 0. The molecule has 0 aliphatic rings. The summed E-state index contributed by atoms with van der Waals surface area (Å²) in [5.41, 5.74) is 22.0. The van der Waals surface area contributed by atoms with E-state index in [9.17, 15) is 0 Å². The number of hydrogen-bond acceptors (Lipinski definition) is 4. The van der Waals surface area contributed by atoms with Crippen LogP contribution in [0.4, 0.5) is 22.7 Å². The lowest BCUT2D eigenvalue weighted by Crippen LogP contribution is -2.01. The lowest BCUT2D eigenvalue weighted by atomic mass is 10.2. The normalized spacial score (nSPS) is 9.67. The van der Waals surface area contributed by atoms with Crippen molar-refractivity contribution in [3.63, 3.8) is 0 Å². The molecule has 4 rings (SSSR count). The summed E-state index contributed by atoms with van der Waals surface area (Å²) in [6, 6.07) is 30.5. The van der Waals surface area contributed by atoms with E-state index in [0.29, 0.717) is 11.4 Å². The quantitative estimate of drug-likeness (QED) is 0.157. The van der Waals surface area contributed by atoms with Gasteiger partial charge in [0.2, 0.25) is 0 Å². The first kappa shape index (κ1) is 26.4. The van der Waals surface area contributed by atoms with E-state index in [4.69, 9.17) is 40.4 Å². The van der Waals surface area contributed by atoms with Gasteiger partial charge in [0.15, 0.2) is 0 Å². The second-order valence-corrected chi connectivity index (χ2v) is 8.39. The first-order valence-corrected chi connectivity index (χ1v) is 12.0. The van der Waals surface area contributed by atoms with Crippen LogP contribution in [0, 0.1) is 0 Å². The van der Waals surface area contributed by atoms with Gasteiger partial charge in [-0.1, -0.05) is 87.7 Å². The Balaban J connectivity index is 0.000000192. The molecule has 0 aliphatic carbocycles. The molecule has 0 unspecified atom stereocenters. The average Bonchev–Trinajstić information content (AvgIpc) is 2.83. The molecule has 0 amide bonds. The summed E-state index contributed by atoms with van der Waals surface area (Å²) in [7, 11) is 0. The summed E-state index contributed by atoms with van der Waals surface area (Å²) in [4.78, 5) is 0. The molecule has 33 heavy (non-hydrogen) atoms. The minimum absolute atomic E-state index is 0.646. The standard InChI is InChI=1S/C13H13ClN2.C7H6BrCl.C6H8N2/c14-11-7-5-10(6-8-11)9-16-13-4-2-1-3-12(13)15;8-5-6-1-3-7(9)4-2-6;7-5-3-1-2-4-6(5)8/h1-8,16H,9,15H2;1-4H,5H2;1-4H,7-8H2. The Bertz CT molecular complexity index is 1080. The Morgan fingerprint density at radius 1 is 0.576 bits per heavy atom. The van der Waals surface area contributed by atoms with Gasteiger partial charge in [0, 0.05) is 21.9 Å². The zero-order chi connectivity index (χ0) is 24.1. The predicted molar refractivity (Wildman–Crippen MR) is 149 cm³/mol. The topological polar surface area (TPSA) is 90.1 Å². The fraction of sp³-hybridized carbons (Fsp3) is 0.0769. The van der Waals surface area contributed by atoms with Crippen molar-refractivity contribution in [2.24, 2.45) is 0 Å². The molecule has 0 aromatic heterocycles. The molecule has 0 spiro atoms. The molecule has 0 fully saturated rings. The zero-order valence-electron chi connectivity index (χ0n) is 18.0. The Morgan fingerprint density at radius 3 is 1.42 bits per heavy atom. The fourth-order valence-electron chi connectivity index (χ4n) is 2.54. The zero-order valence-corrected chi connectivity index (χ0v) is 21.1. The van der Waals surface area contributed by atoms with Gasteiger partial charge < -0.3 is 22.5 Å². The van der Waals surface area contributed by atoms with E-state index in [1.807, 2.05) is 84.9 Å². The van der Waals surface area contributed by atoms with E-state index in [2.05, 4.69) is 21.2 Å². The molecular formula is C26H27BrCl2N4. The Labute approximate surface area is 213 Å². The van der Waals surface area contributed by atoms with Gasteiger partial charge in [0.05, 0.1) is 22.7 Å². The highest BCUT2D eigenvalue weighted by Crippen LogP contribution is 2.18. The molecular weight excluding hydrogens is 519 g/mol. The number of nitrogens with two attached hydrogens (primary N) is 3. The van der Waals surface area contributed by atoms with Crippen LogP contribution in [-0.2, 0) is 11.9 Å². The van der Waals surface area contributed by atoms with Crippen molar-refractivity contribution >= 4 is 61.9 Å². The largest absolute Gasteiger partial charge is 0.397 e. The molecule has 4 aromatic carbocycles. The van der Waals surface area contributed by atoms with E-state index in [-0.39, 0.29) is 0 Å². The van der Waals surface area contributed by atoms with Gasteiger partial charge in [-0.3, -0.25) is 0 Å². The number of nitrogens with one attached hydrogen (secondary N) is 1. The van der Waals surface area contributed by atoms with E-state index >= 15 is 0 Å². The van der Waals surface area contributed by atoms with Gasteiger partial charge in [0.1, 0.15) is 0 Å². The molecule has 0 saturated heterocycles. The average molecular weight is 546 g/mol. The van der Waals surface area contributed by atoms with Gasteiger partial charge in [-0.2, -0.15) is 0 Å². The maximum Gasteiger partial charge on any atom is 0.0576 e. The van der Waals surface area contributed by atoms with Gasteiger partial charge in [-0.15, -0.1) is 0 Å². The minimum Gasteiger partial charge on any atom is -0.397 e. The molecule has 7 N–H and O–H groups in total. The molecule has 0 heterocycles. The number of anilines is 4. The number of hydrogen-bond donors (Lipinski definition) is 4. The van der Waals surface area contributed by atoms with Crippen LogP contribution in [0.3, 0.4) is 0 Å². The van der Waals surface area contributed by atoms with Crippen molar-refractivity contribution in [3.8, 4) is 0 Å². The van der Waals surface area contributed by atoms with Crippen molar-refractivity contribution in [1.82, 2.24) is 0 Å². The van der Waals surface area contributed by atoms with Crippen molar-refractivity contribution in [3.05, 3.63) is 118 Å². The summed E-state index contributed by atoms with van der Waals surface area (Å²) < 4.78 is 0. The van der Waals surface area contributed by atoms with Crippen molar-refractivity contribution in [2.75, 3.05) is 22.5 Å². The Morgan fingerprint density at radius 2 is 1.00 bits per heavy atom. The first-order valence-electron chi connectivity index (χ1n) is 10.1.